The van der Waals surface area contributed by atoms with Gasteiger partial charge in [-0.25, -0.2) is 0 Å². The fraction of sp³-hybridized carbons (Fsp3) is 1.00. The van der Waals surface area contributed by atoms with Crippen LogP contribution in [0, 0.1) is 5.41 Å². The smallest absolute Gasteiger partial charge is 0.155 e. The summed E-state index contributed by atoms with van der Waals surface area (Å²) in [5, 5.41) is 9.40. The Hall–Kier alpha value is -0.0800. The predicted octanol–water partition coefficient (Wildman–Crippen LogP) is 2.07. The summed E-state index contributed by atoms with van der Waals surface area (Å²) in [5.74, 6) is 0. The molecule has 0 radical (unpaired) electrons. The van der Waals surface area contributed by atoms with E-state index >= 15 is 0 Å². The van der Waals surface area contributed by atoms with Gasteiger partial charge in [-0.05, 0) is 24.7 Å². The van der Waals surface area contributed by atoms with Crippen molar-refractivity contribution in [3.8, 4) is 0 Å². The molecule has 1 unspecified atom stereocenters. The van der Waals surface area contributed by atoms with E-state index in [1.165, 1.54) is 38.5 Å². The molecule has 1 aliphatic heterocycles. The van der Waals surface area contributed by atoms with Crippen LogP contribution in [-0.4, -0.2) is 18.0 Å². The van der Waals surface area contributed by atoms with Gasteiger partial charge in [0.05, 0.1) is 6.61 Å². The van der Waals surface area contributed by atoms with Gasteiger partial charge < -0.3 is 9.84 Å². The third-order valence-electron chi connectivity index (χ3n) is 3.46. The third kappa shape index (κ3) is 1.64. The van der Waals surface area contributed by atoms with E-state index in [1.54, 1.807) is 0 Å². The van der Waals surface area contributed by atoms with Crippen LogP contribution in [0.1, 0.15) is 44.9 Å². The lowest BCUT2D eigenvalue weighted by molar-refractivity contribution is -0.166. The van der Waals surface area contributed by atoms with E-state index in [0.29, 0.717) is 5.41 Å². The molecule has 1 saturated heterocycles. The quantitative estimate of drug-likeness (QED) is 0.603. The fourth-order valence-electron chi connectivity index (χ4n) is 2.70. The van der Waals surface area contributed by atoms with Crippen molar-refractivity contribution in [3.63, 3.8) is 0 Å². The summed E-state index contributed by atoms with van der Waals surface area (Å²) in [4.78, 5) is 0. The van der Waals surface area contributed by atoms with Crippen molar-refractivity contribution in [2.24, 2.45) is 5.41 Å². The van der Waals surface area contributed by atoms with Crippen molar-refractivity contribution >= 4 is 0 Å². The molecule has 0 aromatic heterocycles. The van der Waals surface area contributed by atoms with E-state index < -0.39 is 6.29 Å². The van der Waals surface area contributed by atoms with Gasteiger partial charge in [-0.2, -0.15) is 0 Å². The number of ether oxygens (including phenoxy) is 1. The van der Waals surface area contributed by atoms with E-state index in [1.807, 2.05) is 0 Å². The Labute approximate surface area is 73.9 Å². The van der Waals surface area contributed by atoms with Crippen molar-refractivity contribution in [2.75, 3.05) is 6.61 Å². The lowest BCUT2D eigenvalue weighted by Gasteiger charge is -2.42. The second-order valence-electron chi connectivity index (χ2n) is 4.34. The van der Waals surface area contributed by atoms with Gasteiger partial charge in [-0.3, -0.25) is 0 Å². The number of rotatable bonds is 0. The van der Waals surface area contributed by atoms with Crippen molar-refractivity contribution in [3.05, 3.63) is 0 Å². The maximum atomic E-state index is 9.40. The first-order valence-corrected chi connectivity index (χ1v) is 5.11. The zero-order valence-corrected chi connectivity index (χ0v) is 7.59. The van der Waals surface area contributed by atoms with Gasteiger partial charge >= 0.3 is 0 Å². The predicted molar refractivity (Wildman–Crippen MR) is 46.7 cm³/mol. The maximum Gasteiger partial charge on any atom is 0.155 e. The lowest BCUT2D eigenvalue weighted by atomic mass is 9.69. The SMILES string of the molecule is OC1CC2(CCCCC2)CCO1. The van der Waals surface area contributed by atoms with E-state index in [-0.39, 0.29) is 0 Å². The van der Waals surface area contributed by atoms with E-state index in [4.69, 9.17) is 4.74 Å². The Kier molecular flexibility index (Phi) is 2.37. The van der Waals surface area contributed by atoms with Crippen LogP contribution in [0.15, 0.2) is 0 Å². The first kappa shape index (κ1) is 8.52. The Balaban J connectivity index is 1.97. The average Bonchev–Trinajstić information content (AvgIpc) is 2.05. The Morgan fingerprint density at radius 2 is 1.83 bits per heavy atom. The molecule has 2 heteroatoms. The van der Waals surface area contributed by atoms with Gasteiger partial charge in [-0.1, -0.05) is 19.3 Å². The fourth-order valence-corrected chi connectivity index (χ4v) is 2.70. The molecule has 1 aliphatic carbocycles. The highest BCUT2D eigenvalue weighted by Crippen LogP contribution is 2.45. The zero-order chi connectivity index (χ0) is 8.44. The van der Waals surface area contributed by atoms with Gasteiger partial charge in [0.2, 0.25) is 0 Å². The van der Waals surface area contributed by atoms with Crippen LogP contribution in [-0.2, 0) is 4.74 Å². The summed E-state index contributed by atoms with van der Waals surface area (Å²) in [7, 11) is 0. The highest BCUT2D eigenvalue weighted by molar-refractivity contribution is 4.85. The molecular formula is C10H18O2. The molecule has 12 heavy (non-hydrogen) atoms. The highest BCUT2D eigenvalue weighted by Gasteiger charge is 2.36. The second-order valence-corrected chi connectivity index (χ2v) is 4.34. The highest BCUT2D eigenvalue weighted by atomic mass is 16.6. The Morgan fingerprint density at radius 1 is 1.08 bits per heavy atom. The van der Waals surface area contributed by atoms with Gasteiger partial charge in [-0.15, -0.1) is 0 Å². The van der Waals surface area contributed by atoms with Crippen LogP contribution in [0.3, 0.4) is 0 Å². The van der Waals surface area contributed by atoms with Gasteiger partial charge in [0, 0.05) is 6.42 Å². The van der Waals surface area contributed by atoms with Crippen LogP contribution in [0.2, 0.25) is 0 Å². The molecule has 0 aromatic carbocycles. The summed E-state index contributed by atoms with van der Waals surface area (Å²) in [6, 6.07) is 0. The van der Waals surface area contributed by atoms with Crippen molar-refractivity contribution in [2.45, 2.75) is 51.2 Å². The van der Waals surface area contributed by atoms with Crippen molar-refractivity contribution in [1.29, 1.82) is 0 Å². The molecule has 0 amide bonds. The third-order valence-corrected chi connectivity index (χ3v) is 3.46. The monoisotopic (exact) mass is 170 g/mol. The first-order chi connectivity index (χ1) is 5.81. The largest absolute Gasteiger partial charge is 0.368 e. The molecule has 0 aromatic rings. The van der Waals surface area contributed by atoms with Crippen LogP contribution in [0.5, 0.6) is 0 Å². The Morgan fingerprint density at radius 3 is 2.50 bits per heavy atom. The molecule has 1 heterocycles. The Bertz CT molecular complexity index is 144. The summed E-state index contributed by atoms with van der Waals surface area (Å²) in [6.07, 6.45) is 8.30. The van der Waals surface area contributed by atoms with Gasteiger partial charge in [0.25, 0.3) is 0 Å². The van der Waals surface area contributed by atoms with Crippen molar-refractivity contribution < 1.29 is 9.84 Å². The van der Waals surface area contributed by atoms with E-state index in [9.17, 15) is 5.11 Å². The van der Waals surface area contributed by atoms with Crippen LogP contribution in [0.25, 0.3) is 0 Å². The first-order valence-electron chi connectivity index (χ1n) is 5.11. The van der Waals surface area contributed by atoms with Gasteiger partial charge in [0.1, 0.15) is 0 Å². The number of aliphatic hydroxyl groups excluding tert-OH is 1. The molecule has 0 bridgehead atoms. The molecule has 2 rings (SSSR count). The van der Waals surface area contributed by atoms with Gasteiger partial charge in [0.15, 0.2) is 6.29 Å². The standard InChI is InChI=1S/C10H18O2/c11-9-8-10(6-7-12-9)4-2-1-3-5-10/h9,11H,1-8H2. The summed E-state index contributed by atoms with van der Waals surface area (Å²) in [5.41, 5.74) is 0.454. The number of aliphatic hydroxyl groups is 1. The zero-order valence-electron chi connectivity index (χ0n) is 7.59. The van der Waals surface area contributed by atoms with Crippen LogP contribution < -0.4 is 0 Å². The number of hydrogen-bond donors (Lipinski definition) is 1. The molecule has 1 spiro atoms. The molecule has 1 N–H and O–H groups in total. The van der Waals surface area contributed by atoms with Crippen LogP contribution >= 0.6 is 0 Å². The molecule has 1 atom stereocenters. The topological polar surface area (TPSA) is 29.5 Å². The maximum absolute atomic E-state index is 9.40. The average molecular weight is 170 g/mol. The minimum Gasteiger partial charge on any atom is -0.368 e. The molecular weight excluding hydrogens is 152 g/mol. The lowest BCUT2D eigenvalue weighted by Crippen LogP contribution is -2.36. The van der Waals surface area contributed by atoms with Crippen molar-refractivity contribution in [1.82, 2.24) is 0 Å². The van der Waals surface area contributed by atoms with E-state index in [2.05, 4.69) is 0 Å². The normalized spacial score (nSPS) is 35.2. The molecule has 70 valence electrons. The molecule has 1 saturated carbocycles. The minimum absolute atomic E-state index is 0.454. The minimum atomic E-state index is -0.475. The van der Waals surface area contributed by atoms with Crippen LogP contribution in [0.4, 0.5) is 0 Å². The molecule has 2 nitrogen and oxygen atoms in total. The molecule has 2 aliphatic rings. The summed E-state index contributed by atoms with van der Waals surface area (Å²) < 4.78 is 5.16. The summed E-state index contributed by atoms with van der Waals surface area (Å²) in [6.45, 7) is 0.765. The summed E-state index contributed by atoms with van der Waals surface area (Å²) >= 11 is 0. The number of hydrogen-bond acceptors (Lipinski definition) is 2. The second kappa shape index (κ2) is 3.35. The molecule has 2 fully saturated rings. The van der Waals surface area contributed by atoms with E-state index in [0.717, 1.165) is 13.0 Å².